The molecule has 0 fully saturated rings. The molecule has 0 saturated heterocycles. The van der Waals surface area contributed by atoms with Gasteiger partial charge in [0.2, 0.25) is 0 Å². The third kappa shape index (κ3) is 10.5. The van der Waals surface area contributed by atoms with Crippen molar-refractivity contribution >= 4 is 7.32 Å². The van der Waals surface area contributed by atoms with E-state index in [0.717, 1.165) is 0 Å². The molecule has 12 heteroatoms. The fraction of sp³-hybridized carbons (Fsp3) is 0.250. The van der Waals surface area contributed by atoms with Crippen molar-refractivity contribution in [3.8, 4) is 0 Å². The van der Waals surface area contributed by atoms with Crippen molar-refractivity contribution in [2.75, 3.05) is 0 Å². The van der Waals surface area contributed by atoms with Crippen LogP contribution in [0.25, 0.3) is 0 Å². The van der Waals surface area contributed by atoms with Crippen LogP contribution in [-0.2, 0) is 12.4 Å². The molecule has 4 nitrogen and oxygen atoms in total. The molecular weight excluding hydrogens is 308 g/mol. The van der Waals surface area contributed by atoms with Crippen LogP contribution < -0.4 is 29.6 Å². The van der Waals surface area contributed by atoms with Gasteiger partial charge >= 0.3 is 49.2 Å². The molecule has 1 rings (SSSR count). The maximum atomic E-state index is 12.0. The molecule has 5 N–H and O–H groups in total. The Hall–Kier alpha value is -0.295. The summed E-state index contributed by atoms with van der Waals surface area (Å²) in [5.74, 6) is 0. The third-order valence-corrected chi connectivity index (χ3v) is 1.44. The van der Waals surface area contributed by atoms with Crippen LogP contribution in [0.1, 0.15) is 11.1 Å². The molecule has 0 bridgehead atoms. The first-order valence-electron chi connectivity index (χ1n) is 4.14. The van der Waals surface area contributed by atoms with E-state index in [1.54, 1.807) is 6.07 Å². The molecule has 110 valence electrons. The molecule has 0 aromatic heterocycles. The monoisotopic (exact) mass is 316 g/mol. The van der Waals surface area contributed by atoms with Crippen LogP contribution in [0.2, 0.25) is 0 Å². The van der Waals surface area contributed by atoms with E-state index in [1.807, 2.05) is 0 Å². The first kappa shape index (κ1) is 24.7. The molecule has 0 aliphatic carbocycles. The second-order valence-electron chi connectivity index (χ2n) is 2.85. The zero-order valence-electron chi connectivity index (χ0n) is 9.92. The average molecular weight is 316 g/mol. The maximum Gasteiger partial charge on any atom is 1.00 e. The van der Waals surface area contributed by atoms with Crippen LogP contribution in [0.5, 0.6) is 0 Å². The first-order valence-corrected chi connectivity index (χ1v) is 4.14. The summed E-state index contributed by atoms with van der Waals surface area (Å²) in [4.78, 5) is 0. The van der Waals surface area contributed by atoms with Gasteiger partial charge in [-0.15, -0.1) is 6.07 Å². The molecule has 0 aliphatic heterocycles. The fourth-order valence-corrected chi connectivity index (χ4v) is 0.799. The van der Waals surface area contributed by atoms with Crippen molar-refractivity contribution in [1.29, 1.82) is 0 Å². The van der Waals surface area contributed by atoms with E-state index in [9.17, 15) is 26.3 Å². The standard InChI is InChI=1S/C8H3F6.BH3O3.Na.H2O/c9-7(10,11)5-2-1-3-6(4-5)8(12,13)14;2-1(3)4;;/h2-4H;2-4H;;1H2/q-1;;+1;. The molecule has 0 atom stereocenters. The average Bonchev–Trinajstić information content (AvgIpc) is 2.14. The normalized spacial score (nSPS) is 10.4. The van der Waals surface area contributed by atoms with Crippen molar-refractivity contribution < 1.29 is 76.4 Å². The van der Waals surface area contributed by atoms with E-state index in [0.29, 0.717) is 12.1 Å². The van der Waals surface area contributed by atoms with Gasteiger partial charge in [-0.1, -0.05) is 11.1 Å². The molecular formula is C8H8BF6NaO4. The van der Waals surface area contributed by atoms with Crippen LogP contribution in [0, 0.1) is 6.07 Å². The number of hydrogen-bond donors (Lipinski definition) is 3. The van der Waals surface area contributed by atoms with E-state index < -0.39 is 30.8 Å². The molecule has 0 heterocycles. The predicted molar refractivity (Wildman–Crippen MR) is 51.3 cm³/mol. The minimum Gasteiger partial charge on any atom is -0.412 e. The Morgan fingerprint density at radius 1 is 0.850 bits per heavy atom. The quantitative estimate of drug-likeness (QED) is 0.284. The Labute approximate surface area is 131 Å². The van der Waals surface area contributed by atoms with Crippen LogP contribution in [0.3, 0.4) is 0 Å². The molecule has 0 saturated carbocycles. The van der Waals surface area contributed by atoms with Gasteiger partial charge in [0, 0.05) is 0 Å². The molecule has 1 aromatic rings. The minimum atomic E-state index is -4.78. The van der Waals surface area contributed by atoms with Crippen molar-refractivity contribution in [3.63, 3.8) is 0 Å². The number of halogens is 6. The van der Waals surface area contributed by atoms with Crippen molar-refractivity contribution in [1.82, 2.24) is 0 Å². The van der Waals surface area contributed by atoms with Crippen molar-refractivity contribution in [3.05, 3.63) is 35.4 Å². The topological polar surface area (TPSA) is 92.2 Å². The summed E-state index contributed by atoms with van der Waals surface area (Å²) in [5, 5.41) is 21.5. The molecule has 0 unspecified atom stereocenters. The van der Waals surface area contributed by atoms with Crippen molar-refractivity contribution in [2.45, 2.75) is 12.4 Å². The first-order chi connectivity index (χ1) is 7.94. The number of rotatable bonds is 0. The minimum absolute atomic E-state index is 0. The summed E-state index contributed by atoms with van der Waals surface area (Å²) in [6, 6.07) is 2.79. The smallest absolute Gasteiger partial charge is 0.412 e. The van der Waals surface area contributed by atoms with Crippen LogP contribution >= 0.6 is 0 Å². The Morgan fingerprint density at radius 2 is 1.10 bits per heavy atom. The third-order valence-electron chi connectivity index (χ3n) is 1.44. The maximum absolute atomic E-state index is 12.0. The predicted octanol–water partition coefficient (Wildman–Crippen LogP) is -2.35. The second kappa shape index (κ2) is 9.61. The Balaban J connectivity index is -0.000000429. The zero-order valence-corrected chi connectivity index (χ0v) is 11.9. The fourth-order valence-electron chi connectivity index (χ4n) is 0.799. The van der Waals surface area contributed by atoms with Gasteiger partial charge < -0.3 is 20.5 Å². The Bertz CT molecular complexity index is 352. The largest absolute Gasteiger partial charge is 1.00 e. The van der Waals surface area contributed by atoms with Gasteiger partial charge in [-0.25, -0.2) is 0 Å². The molecule has 0 aliphatic rings. The van der Waals surface area contributed by atoms with E-state index >= 15 is 0 Å². The molecule has 0 amide bonds. The van der Waals surface area contributed by atoms with Gasteiger partial charge in [-0.05, 0) is 0 Å². The molecule has 1 aromatic carbocycles. The van der Waals surface area contributed by atoms with Gasteiger partial charge in [0.05, 0.1) is 0 Å². The Kier molecular flexibility index (Phi) is 11.9. The molecule has 0 spiro atoms. The van der Waals surface area contributed by atoms with Gasteiger partial charge in [0.15, 0.2) is 0 Å². The van der Waals surface area contributed by atoms with Crippen LogP contribution in [0.4, 0.5) is 26.3 Å². The number of alkyl halides is 6. The van der Waals surface area contributed by atoms with Crippen LogP contribution in [-0.4, -0.2) is 27.9 Å². The summed E-state index contributed by atoms with van der Waals surface area (Å²) >= 11 is 0. The Morgan fingerprint density at radius 3 is 1.30 bits per heavy atom. The van der Waals surface area contributed by atoms with Gasteiger partial charge in [0.25, 0.3) is 0 Å². The van der Waals surface area contributed by atoms with Gasteiger partial charge in [-0.2, -0.15) is 44.5 Å². The van der Waals surface area contributed by atoms with E-state index in [2.05, 4.69) is 0 Å². The number of benzene rings is 1. The summed E-state index contributed by atoms with van der Waals surface area (Å²) in [7, 11) is -2.17. The summed E-state index contributed by atoms with van der Waals surface area (Å²) in [5.41, 5.74) is -2.71. The summed E-state index contributed by atoms with van der Waals surface area (Å²) < 4.78 is 71.8. The van der Waals surface area contributed by atoms with Gasteiger partial charge in [0.1, 0.15) is 0 Å². The second-order valence-corrected chi connectivity index (χ2v) is 2.85. The van der Waals surface area contributed by atoms with E-state index in [-0.39, 0.29) is 41.1 Å². The summed E-state index contributed by atoms with van der Waals surface area (Å²) in [6.07, 6.45) is -9.56. The van der Waals surface area contributed by atoms with Crippen LogP contribution in [0.15, 0.2) is 18.2 Å². The molecule has 20 heavy (non-hydrogen) atoms. The zero-order chi connectivity index (χ0) is 14.6. The van der Waals surface area contributed by atoms with Gasteiger partial charge in [-0.3, -0.25) is 0 Å². The van der Waals surface area contributed by atoms with E-state index in [4.69, 9.17) is 15.1 Å². The SMILES string of the molecule is FC(F)(F)c1c[c-]cc(C(F)(F)F)c1.O.OB(O)O.[Na+]. The summed E-state index contributed by atoms with van der Waals surface area (Å²) in [6.45, 7) is 0. The van der Waals surface area contributed by atoms with Crippen molar-refractivity contribution in [2.24, 2.45) is 0 Å². The number of hydrogen-bond acceptors (Lipinski definition) is 3. The molecule has 0 radical (unpaired) electrons. The van der Waals surface area contributed by atoms with E-state index in [1.165, 1.54) is 0 Å².